The van der Waals surface area contributed by atoms with Crippen LogP contribution in [-0.4, -0.2) is 38.9 Å². The maximum absolute atomic E-state index is 11.7. The Morgan fingerprint density at radius 1 is 1.52 bits per heavy atom. The van der Waals surface area contributed by atoms with E-state index in [1.165, 1.54) is 18.4 Å². The fraction of sp³-hybridized carbons (Fsp3) is 0.571. The molecule has 1 saturated heterocycles. The molecule has 1 atom stereocenters. The number of thiophene rings is 1. The summed E-state index contributed by atoms with van der Waals surface area (Å²) < 4.78 is 10.3. The molecule has 6 nitrogen and oxygen atoms in total. The van der Waals surface area contributed by atoms with E-state index in [0.717, 1.165) is 24.4 Å². The topological polar surface area (TPSA) is 88.6 Å². The molecule has 1 aromatic heterocycles. The van der Waals surface area contributed by atoms with Gasteiger partial charge in [0.1, 0.15) is 21.5 Å². The maximum atomic E-state index is 11.7. The van der Waals surface area contributed by atoms with E-state index in [1.54, 1.807) is 7.11 Å². The fourth-order valence-electron chi connectivity index (χ4n) is 2.55. The molecule has 0 radical (unpaired) electrons. The van der Waals surface area contributed by atoms with Crippen LogP contribution in [0.25, 0.3) is 0 Å². The highest BCUT2D eigenvalue weighted by atomic mass is 32.1. The van der Waals surface area contributed by atoms with Gasteiger partial charge in [0.15, 0.2) is 0 Å². The normalized spacial score (nSPS) is 21.9. The van der Waals surface area contributed by atoms with Gasteiger partial charge in [-0.2, -0.15) is 5.26 Å². The van der Waals surface area contributed by atoms with E-state index in [9.17, 15) is 10.1 Å². The lowest BCUT2D eigenvalue weighted by atomic mass is 9.95. The number of nitrogens with two attached hydrogens (primary N) is 1. The van der Waals surface area contributed by atoms with E-state index < -0.39 is 5.97 Å². The van der Waals surface area contributed by atoms with Crippen LogP contribution in [0.5, 0.6) is 0 Å². The zero-order valence-corrected chi connectivity index (χ0v) is 13.2. The van der Waals surface area contributed by atoms with Gasteiger partial charge in [0.2, 0.25) is 0 Å². The van der Waals surface area contributed by atoms with Crippen LogP contribution in [0.2, 0.25) is 0 Å². The number of hydrogen-bond acceptors (Lipinski definition) is 7. The standard InChI is InChI=1S/C14H19N3O3S/c1-14(20-3)5-4-6-17(8-14)12-9(7-15)10(16)11(21-12)13(18)19-2/h4-6,8,16H2,1-3H3. The predicted octanol–water partition coefficient (Wildman–Crippen LogP) is 1.99. The molecule has 0 amide bonds. The van der Waals surface area contributed by atoms with E-state index in [1.807, 2.05) is 6.92 Å². The lowest BCUT2D eigenvalue weighted by Crippen LogP contribution is -2.47. The summed E-state index contributed by atoms with van der Waals surface area (Å²) in [6.07, 6.45) is 1.92. The number of anilines is 2. The van der Waals surface area contributed by atoms with Crippen molar-refractivity contribution in [3.8, 4) is 6.07 Å². The first-order valence-electron chi connectivity index (χ1n) is 6.66. The molecule has 1 aromatic rings. The summed E-state index contributed by atoms with van der Waals surface area (Å²) in [6, 6.07) is 2.10. The van der Waals surface area contributed by atoms with Crippen LogP contribution >= 0.6 is 11.3 Å². The first kappa shape index (κ1) is 15.6. The molecule has 0 saturated carbocycles. The number of methoxy groups -OCH3 is 2. The third-order valence-electron chi connectivity index (χ3n) is 3.85. The van der Waals surface area contributed by atoms with E-state index >= 15 is 0 Å². The molecule has 1 aliphatic heterocycles. The number of nitrogens with zero attached hydrogens (tertiary/aromatic N) is 2. The van der Waals surface area contributed by atoms with Crippen molar-refractivity contribution >= 4 is 28.0 Å². The van der Waals surface area contributed by atoms with Gasteiger partial charge in [-0.05, 0) is 19.8 Å². The van der Waals surface area contributed by atoms with Crippen LogP contribution in [0, 0.1) is 11.3 Å². The number of nitrogen functional groups attached to an aromatic ring is 1. The first-order valence-corrected chi connectivity index (χ1v) is 7.48. The highest BCUT2D eigenvalue weighted by Gasteiger charge is 2.34. The minimum atomic E-state index is -0.508. The summed E-state index contributed by atoms with van der Waals surface area (Å²) in [5.41, 5.74) is 6.22. The number of ether oxygens (including phenoxy) is 2. The summed E-state index contributed by atoms with van der Waals surface area (Å²) in [5.74, 6) is -0.508. The summed E-state index contributed by atoms with van der Waals surface area (Å²) in [6.45, 7) is 3.52. The average molecular weight is 309 g/mol. The second kappa shape index (κ2) is 5.92. The Balaban J connectivity index is 2.40. The van der Waals surface area contributed by atoms with Gasteiger partial charge in [0.25, 0.3) is 0 Å². The number of nitriles is 1. The SMILES string of the molecule is COC(=O)c1sc(N2CCCC(C)(OC)C2)c(C#N)c1N. The van der Waals surface area contributed by atoms with Crippen LogP contribution in [0.3, 0.4) is 0 Å². The molecule has 1 aliphatic rings. The lowest BCUT2D eigenvalue weighted by molar-refractivity contribution is -0.00452. The summed E-state index contributed by atoms with van der Waals surface area (Å²) in [5, 5.41) is 10.1. The first-order chi connectivity index (χ1) is 9.95. The second-order valence-electron chi connectivity index (χ2n) is 5.31. The number of hydrogen-bond donors (Lipinski definition) is 1. The number of esters is 1. The summed E-state index contributed by atoms with van der Waals surface area (Å²) in [4.78, 5) is 14.1. The van der Waals surface area contributed by atoms with Crippen molar-refractivity contribution in [2.75, 3.05) is 37.9 Å². The van der Waals surface area contributed by atoms with Crippen molar-refractivity contribution in [3.05, 3.63) is 10.4 Å². The number of rotatable bonds is 3. The third-order valence-corrected chi connectivity index (χ3v) is 5.09. The molecule has 0 spiro atoms. The van der Waals surface area contributed by atoms with Crippen LogP contribution < -0.4 is 10.6 Å². The van der Waals surface area contributed by atoms with Gasteiger partial charge >= 0.3 is 5.97 Å². The van der Waals surface area contributed by atoms with Crippen LogP contribution in [-0.2, 0) is 9.47 Å². The molecule has 2 heterocycles. The zero-order valence-electron chi connectivity index (χ0n) is 12.4. The maximum Gasteiger partial charge on any atom is 0.350 e. The van der Waals surface area contributed by atoms with Gasteiger partial charge in [-0.3, -0.25) is 0 Å². The van der Waals surface area contributed by atoms with Gasteiger partial charge in [0.05, 0.1) is 18.4 Å². The Morgan fingerprint density at radius 2 is 2.24 bits per heavy atom. The Kier molecular flexibility index (Phi) is 4.40. The molecule has 7 heteroatoms. The van der Waals surface area contributed by atoms with Crippen LogP contribution in [0.15, 0.2) is 0 Å². The molecule has 0 aromatic carbocycles. The molecule has 1 unspecified atom stereocenters. The summed E-state index contributed by atoms with van der Waals surface area (Å²) >= 11 is 1.21. The molecule has 21 heavy (non-hydrogen) atoms. The van der Waals surface area contributed by atoms with Crippen LogP contribution in [0.4, 0.5) is 10.7 Å². The minimum Gasteiger partial charge on any atom is -0.465 e. The highest BCUT2D eigenvalue weighted by molar-refractivity contribution is 7.18. The Labute approximate surface area is 128 Å². The fourth-order valence-corrected chi connectivity index (χ4v) is 3.67. The van der Waals surface area contributed by atoms with Crippen molar-refractivity contribution in [2.24, 2.45) is 0 Å². The number of piperidine rings is 1. The van der Waals surface area contributed by atoms with Crippen molar-refractivity contribution in [1.29, 1.82) is 5.26 Å². The lowest BCUT2D eigenvalue weighted by Gasteiger charge is -2.40. The van der Waals surface area contributed by atoms with Gasteiger partial charge in [-0.15, -0.1) is 11.3 Å². The van der Waals surface area contributed by atoms with Gasteiger partial charge in [-0.25, -0.2) is 4.79 Å². The van der Waals surface area contributed by atoms with Crippen molar-refractivity contribution in [2.45, 2.75) is 25.4 Å². The van der Waals surface area contributed by atoms with Gasteiger partial charge in [-0.1, -0.05) is 0 Å². The molecule has 2 N–H and O–H groups in total. The quantitative estimate of drug-likeness (QED) is 0.859. The minimum absolute atomic E-state index is 0.203. The molecule has 114 valence electrons. The number of carbonyl (C=O) groups excluding carboxylic acids is 1. The van der Waals surface area contributed by atoms with Crippen molar-refractivity contribution in [3.63, 3.8) is 0 Å². The van der Waals surface area contributed by atoms with E-state index in [-0.39, 0.29) is 16.2 Å². The number of carbonyl (C=O) groups is 1. The van der Waals surface area contributed by atoms with Crippen molar-refractivity contribution in [1.82, 2.24) is 0 Å². The Bertz CT molecular complexity index is 593. The average Bonchev–Trinajstić information content (AvgIpc) is 2.83. The smallest absolute Gasteiger partial charge is 0.350 e. The van der Waals surface area contributed by atoms with E-state index in [0.29, 0.717) is 12.1 Å². The molecule has 2 rings (SSSR count). The third kappa shape index (κ3) is 2.82. The summed E-state index contributed by atoms with van der Waals surface area (Å²) in [7, 11) is 2.99. The van der Waals surface area contributed by atoms with E-state index in [4.69, 9.17) is 15.2 Å². The zero-order chi connectivity index (χ0) is 15.6. The second-order valence-corrected chi connectivity index (χ2v) is 6.31. The molecular formula is C14H19N3O3S. The molecule has 0 aliphatic carbocycles. The molecule has 1 fully saturated rings. The van der Waals surface area contributed by atoms with Crippen molar-refractivity contribution < 1.29 is 14.3 Å². The predicted molar refractivity (Wildman–Crippen MR) is 81.6 cm³/mol. The largest absolute Gasteiger partial charge is 0.465 e. The monoisotopic (exact) mass is 309 g/mol. The van der Waals surface area contributed by atoms with E-state index in [2.05, 4.69) is 11.0 Å². The van der Waals surface area contributed by atoms with Gasteiger partial charge in [0, 0.05) is 20.2 Å². The van der Waals surface area contributed by atoms with Crippen LogP contribution in [0.1, 0.15) is 35.0 Å². The Morgan fingerprint density at radius 3 is 2.81 bits per heavy atom. The highest BCUT2D eigenvalue weighted by Crippen LogP contribution is 2.40. The molecule has 0 bridgehead atoms. The molecular weight excluding hydrogens is 290 g/mol. The Hall–Kier alpha value is -1.78. The van der Waals surface area contributed by atoms with Gasteiger partial charge < -0.3 is 20.1 Å².